The highest BCUT2D eigenvalue weighted by Crippen LogP contribution is 2.17. The van der Waals surface area contributed by atoms with Gasteiger partial charge in [0, 0.05) is 45.3 Å². The van der Waals surface area contributed by atoms with Crippen LogP contribution in [0.25, 0.3) is 0 Å². The van der Waals surface area contributed by atoms with E-state index in [9.17, 15) is 133 Å². The molecule has 0 amide bonds. The van der Waals surface area contributed by atoms with Crippen LogP contribution in [0.3, 0.4) is 0 Å². The van der Waals surface area contributed by atoms with Gasteiger partial charge in [-0.2, -0.15) is 0 Å². The lowest BCUT2D eigenvalue weighted by Crippen LogP contribution is -2.54. The molecular formula is C54H116N4O29. The molecule has 0 radical (unpaired) electrons. The Bertz CT molecular complexity index is 1580. The molecule has 0 aliphatic rings. The van der Waals surface area contributed by atoms with Crippen molar-refractivity contribution in [2.24, 2.45) is 5.92 Å². The van der Waals surface area contributed by atoms with Crippen LogP contribution >= 0.6 is 0 Å². The third kappa shape index (κ3) is 33.9. The molecule has 0 rings (SSSR count). The van der Waals surface area contributed by atoms with E-state index in [2.05, 4.69) is 13.8 Å². The number of aliphatic hydroxyl groups excluding tert-OH is 29. The molecule has 0 aromatic heterocycles. The molecule has 526 valence electrons. The maximum atomic E-state index is 10.9. The fraction of sp³-hybridized carbons (Fsp3) is 1.00. The van der Waals surface area contributed by atoms with Gasteiger partial charge in [0.25, 0.3) is 0 Å². The number of aliphatic hydroxyl groups is 29. The molecule has 33 nitrogen and oxygen atoms in total. The van der Waals surface area contributed by atoms with Gasteiger partial charge in [-0.3, -0.25) is 9.80 Å². The van der Waals surface area contributed by atoms with Crippen molar-refractivity contribution in [1.82, 2.24) is 19.6 Å². The quantitative estimate of drug-likeness (QED) is 0.0252. The van der Waals surface area contributed by atoms with Crippen LogP contribution < -0.4 is 0 Å². The van der Waals surface area contributed by atoms with E-state index in [-0.39, 0.29) is 64.7 Å². The number of rotatable bonds is 51. The lowest BCUT2D eigenvalue weighted by Gasteiger charge is -2.35. The highest BCUT2D eigenvalue weighted by molar-refractivity contribution is 4.90. The maximum absolute atomic E-state index is 10.9. The van der Waals surface area contributed by atoms with Crippen LogP contribution in [-0.4, -0.2) is 425 Å². The largest absolute Gasteiger partial charge is 0.394 e. The Labute approximate surface area is 509 Å². The summed E-state index contributed by atoms with van der Waals surface area (Å²) in [6.07, 6.45) is -37.7. The molecule has 24 unspecified atom stereocenters. The molecule has 0 spiro atoms. The van der Waals surface area contributed by atoms with Crippen LogP contribution in [0, 0.1) is 5.92 Å². The summed E-state index contributed by atoms with van der Waals surface area (Å²) in [7, 11) is 0. The second-order valence-electron chi connectivity index (χ2n) is 23.4. The first-order valence-electron chi connectivity index (χ1n) is 29.8. The third-order valence-corrected chi connectivity index (χ3v) is 15.2. The number of hydrogen-bond acceptors (Lipinski definition) is 33. The molecule has 87 heavy (non-hydrogen) atoms. The minimum absolute atomic E-state index is 0.0131. The molecule has 0 aromatic rings. The van der Waals surface area contributed by atoms with Gasteiger partial charge >= 0.3 is 0 Å². The molecule has 24 atom stereocenters. The second kappa shape index (κ2) is 47.5. The van der Waals surface area contributed by atoms with Crippen molar-refractivity contribution in [1.29, 1.82) is 0 Å². The molecule has 0 saturated carbocycles. The second-order valence-corrected chi connectivity index (χ2v) is 23.4. The summed E-state index contributed by atoms with van der Waals surface area (Å²) in [6.45, 7) is 4.36. The lowest BCUT2D eigenvalue weighted by molar-refractivity contribution is -0.132. The zero-order chi connectivity index (χ0) is 67.6. The minimum atomic E-state index is -1.97. The van der Waals surface area contributed by atoms with E-state index in [4.69, 9.17) is 15.3 Å². The average Bonchev–Trinajstić information content (AvgIpc) is 3.50. The Balaban J connectivity index is 0. The smallest absolute Gasteiger partial charge is 0.111 e. The van der Waals surface area contributed by atoms with Crippen LogP contribution in [-0.2, 0) is 0 Å². The van der Waals surface area contributed by atoms with Crippen LogP contribution in [0.5, 0.6) is 0 Å². The molecule has 0 bridgehead atoms. The van der Waals surface area contributed by atoms with Crippen molar-refractivity contribution in [2.75, 3.05) is 105 Å². The SMILES string of the molecule is CC(C)N(CC(O)C(O)C(O)C(O)CO)CC(O)C(O)C(O)C(O)CO.CCC(O)C(O)C(O)C(O)CN(CCCN(CCCCN(CCCCC(C)C)CC(O)C(O)C(O)C(O)CO)CC(O)C(O)C(O)C(O)CO)CC(O)C(O)C(O)C(O)CO. The highest BCUT2D eigenvalue weighted by atomic mass is 16.4. The van der Waals surface area contributed by atoms with Gasteiger partial charge in [0.05, 0.1) is 75.8 Å². The fourth-order valence-corrected chi connectivity index (χ4v) is 9.12. The van der Waals surface area contributed by atoms with E-state index in [0.29, 0.717) is 31.8 Å². The average molecular weight is 1290 g/mol. The third-order valence-electron chi connectivity index (χ3n) is 15.2. The Morgan fingerprint density at radius 1 is 0.241 bits per heavy atom. The highest BCUT2D eigenvalue weighted by Gasteiger charge is 2.38. The molecule has 0 aromatic carbocycles. The Morgan fingerprint density at radius 3 is 0.690 bits per heavy atom. The molecule has 0 saturated heterocycles. The van der Waals surface area contributed by atoms with E-state index >= 15 is 0 Å². The Morgan fingerprint density at radius 2 is 0.448 bits per heavy atom. The van der Waals surface area contributed by atoms with E-state index in [1.807, 2.05) is 4.90 Å². The van der Waals surface area contributed by atoms with Crippen molar-refractivity contribution in [3.63, 3.8) is 0 Å². The Kier molecular flexibility index (Phi) is 47.9. The summed E-state index contributed by atoms with van der Waals surface area (Å²) < 4.78 is 0. The maximum Gasteiger partial charge on any atom is 0.111 e. The zero-order valence-corrected chi connectivity index (χ0v) is 51.0. The first-order chi connectivity index (χ1) is 40.5. The summed E-state index contributed by atoms with van der Waals surface area (Å²) in [5.41, 5.74) is 0. The normalized spacial score (nSPS) is 21.1. The standard InChI is InChI=1S/C39H83N3O19.C15H33NO10/c1-4-24(46)32(54)33(55)27(49)18-42(19-28(50)36(58)39(61)31(53)22-45)15-9-14-41(17-26(48)35(57)38(60)30(52)21-44)13-8-7-12-40(11-6-5-10-23(2)3)16-25(47)34(56)37(59)29(51)20-43;1-7(2)16(3-8(19)12(23)14(25)10(21)5-17)4-9(20)13(24)15(26)11(22)6-18/h23-39,43-61H,4-22H2,1-3H3;7-15,17-26H,3-6H2,1-2H3. The zero-order valence-electron chi connectivity index (χ0n) is 51.0. The van der Waals surface area contributed by atoms with Gasteiger partial charge < -0.3 is 158 Å². The van der Waals surface area contributed by atoms with Gasteiger partial charge in [0.1, 0.15) is 104 Å². The minimum Gasteiger partial charge on any atom is -0.394 e. The predicted octanol–water partition coefficient (Wildman–Crippen LogP) is -13.4. The Hall–Kier alpha value is -1.32. The summed E-state index contributed by atoms with van der Waals surface area (Å²) in [5.74, 6) is 0.468. The van der Waals surface area contributed by atoms with Crippen molar-refractivity contribution >= 4 is 0 Å². The van der Waals surface area contributed by atoms with Crippen molar-refractivity contribution in [3.8, 4) is 0 Å². The van der Waals surface area contributed by atoms with Crippen molar-refractivity contribution < 1.29 is 148 Å². The van der Waals surface area contributed by atoms with Crippen molar-refractivity contribution in [3.05, 3.63) is 0 Å². The monoisotopic (exact) mass is 1280 g/mol. The van der Waals surface area contributed by atoms with Crippen LogP contribution in [0.4, 0.5) is 0 Å². The number of nitrogens with zero attached hydrogens (tertiary/aromatic N) is 4. The predicted molar refractivity (Wildman–Crippen MR) is 308 cm³/mol. The number of hydrogen-bond donors (Lipinski definition) is 29. The topological polar surface area (TPSA) is 600 Å². The van der Waals surface area contributed by atoms with E-state index in [0.717, 1.165) is 19.3 Å². The van der Waals surface area contributed by atoms with Gasteiger partial charge in [-0.15, -0.1) is 0 Å². The summed E-state index contributed by atoms with van der Waals surface area (Å²) in [5, 5.41) is 288. The van der Waals surface area contributed by atoms with E-state index in [1.165, 1.54) is 9.80 Å². The van der Waals surface area contributed by atoms with Gasteiger partial charge in [-0.05, 0) is 84.6 Å². The molecule has 0 aliphatic carbocycles. The first kappa shape index (κ1) is 87.7. The summed E-state index contributed by atoms with van der Waals surface area (Å²) in [4.78, 5) is 6.37. The fourth-order valence-electron chi connectivity index (χ4n) is 9.12. The lowest BCUT2D eigenvalue weighted by atomic mass is 10.00. The molecule has 0 fully saturated rings. The van der Waals surface area contributed by atoms with Gasteiger partial charge in [0.2, 0.25) is 0 Å². The van der Waals surface area contributed by atoms with Gasteiger partial charge in [-0.25, -0.2) is 0 Å². The van der Waals surface area contributed by atoms with Gasteiger partial charge in [-0.1, -0.05) is 33.6 Å². The van der Waals surface area contributed by atoms with E-state index < -0.39 is 193 Å². The molecular weight excluding hydrogens is 1170 g/mol. The van der Waals surface area contributed by atoms with Crippen LogP contribution in [0.2, 0.25) is 0 Å². The molecule has 0 heterocycles. The van der Waals surface area contributed by atoms with Crippen molar-refractivity contribution in [2.45, 2.75) is 232 Å². The van der Waals surface area contributed by atoms with Crippen LogP contribution in [0.15, 0.2) is 0 Å². The molecule has 29 N–H and O–H groups in total. The molecule has 33 heteroatoms. The number of unbranched alkanes of at least 4 members (excludes halogenated alkanes) is 2. The summed E-state index contributed by atoms with van der Waals surface area (Å²) >= 11 is 0. The summed E-state index contributed by atoms with van der Waals surface area (Å²) in [6, 6.07) is -0.293. The first-order valence-corrected chi connectivity index (χ1v) is 29.8. The van der Waals surface area contributed by atoms with Gasteiger partial charge in [0.15, 0.2) is 0 Å². The van der Waals surface area contributed by atoms with E-state index in [1.54, 1.807) is 25.7 Å². The van der Waals surface area contributed by atoms with Crippen LogP contribution in [0.1, 0.15) is 79.6 Å². The molecule has 0 aliphatic heterocycles.